The number of aromatic nitrogens is 1. The van der Waals surface area contributed by atoms with Crippen LogP contribution in [0.4, 0.5) is 0 Å². The van der Waals surface area contributed by atoms with Crippen molar-refractivity contribution < 1.29 is 18.3 Å². The van der Waals surface area contributed by atoms with Crippen LogP contribution in [-0.4, -0.2) is 66.4 Å². The van der Waals surface area contributed by atoms with E-state index >= 15 is 0 Å². The lowest BCUT2D eigenvalue weighted by Crippen LogP contribution is -2.50. The highest BCUT2D eigenvalue weighted by molar-refractivity contribution is 7.93. The Kier molecular flexibility index (Phi) is 7.97. The molecule has 0 aliphatic carbocycles. The molecule has 1 amide bonds. The van der Waals surface area contributed by atoms with Gasteiger partial charge in [-0.25, -0.2) is 8.42 Å². The summed E-state index contributed by atoms with van der Waals surface area (Å²) in [5.41, 5.74) is 2.98. The van der Waals surface area contributed by atoms with E-state index in [1.54, 1.807) is 53.6 Å². The van der Waals surface area contributed by atoms with Crippen molar-refractivity contribution in [1.82, 2.24) is 14.2 Å². The summed E-state index contributed by atoms with van der Waals surface area (Å²) in [6.45, 7) is 0.652. The molecule has 1 N–H and O–H groups in total. The summed E-state index contributed by atoms with van der Waals surface area (Å²) in [6.07, 6.45) is 3.29. The zero-order valence-corrected chi connectivity index (χ0v) is 20.6. The maximum Gasteiger partial charge on any atom is 0.253 e. The number of carbonyl (C=O) groups is 1. The summed E-state index contributed by atoms with van der Waals surface area (Å²) >= 11 is 5.92. The molecule has 4 rings (SSSR count). The third-order valence-corrected chi connectivity index (χ3v) is 8.13. The smallest absolute Gasteiger partial charge is 0.253 e. The van der Waals surface area contributed by atoms with Crippen LogP contribution < -0.4 is 0 Å². The zero-order chi connectivity index (χ0) is 24.8. The number of rotatable bonds is 7. The largest absolute Gasteiger partial charge is 0.396 e. The lowest BCUT2D eigenvalue weighted by atomic mass is 10.1. The molecular weight excluding hydrogens is 486 g/mol. The molecule has 0 radical (unpaired) electrons. The van der Waals surface area contributed by atoms with Crippen molar-refractivity contribution in [2.24, 2.45) is 0 Å². The van der Waals surface area contributed by atoms with Crippen LogP contribution in [0.2, 0.25) is 5.02 Å². The van der Waals surface area contributed by atoms with Crippen LogP contribution in [0.25, 0.3) is 17.3 Å². The predicted octanol–water partition coefficient (Wildman–Crippen LogP) is 3.91. The molecule has 1 aliphatic rings. The Hall–Kier alpha value is -3.04. The maximum absolute atomic E-state index is 13.3. The number of amides is 1. The van der Waals surface area contributed by atoms with Crippen LogP contribution in [0.5, 0.6) is 0 Å². The van der Waals surface area contributed by atoms with Crippen molar-refractivity contribution in [2.45, 2.75) is 6.42 Å². The van der Waals surface area contributed by atoms with Gasteiger partial charge in [-0.05, 0) is 48.0 Å². The highest BCUT2D eigenvalue weighted by Crippen LogP contribution is 2.23. The van der Waals surface area contributed by atoms with Crippen LogP contribution in [0.3, 0.4) is 0 Å². The summed E-state index contributed by atoms with van der Waals surface area (Å²) in [5.74, 6) is -0.137. The first-order valence-corrected chi connectivity index (χ1v) is 13.1. The van der Waals surface area contributed by atoms with Gasteiger partial charge >= 0.3 is 0 Å². The van der Waals surface area contributed by atoms with Crippen LogP contribution in [0, 0.1) is 0 Å². The SMILES string of the molecule is O=C(c1ccc(-c2ccccn2)cc1)N1CCN(S(=O)(=O)C(=Cc2ccc(Cl)cc2)CCO)CC1. The van der Waals surface area contributed by atoms with E-state index in [1.807, 2.05) is 30.3 Å². The van der Waals surface area contributed by atoms with Crippen LogP contribution >= 0.6 is 11.6 Å². The minimum atomic E-state index is -3.79. The van der Waals surface area contributed by atoms with Gasteiger partial charge in [-0.1, -0.05) is 41.9 Å². The Bertz CT molecular complexity index is 1290. The van der Waals surface area contributed by atoms with Gasteiger partial charge in [0.1, 0.15) is 0 Å². The molecule has 2 heterocycles. The Labute approximate surface area is 210 Å². The van der Waals surface area contributed by atoms with E-state index < -0.39 is 10.0 Å². The van der Waals surface area contributed by atoms with Gasteiger partial charge in [-0.2, -0.15) is 4.31 Å². The molecule has 1 saturated heterocycles. The topological polar surface area (TPSA) is 90.8 Å². The van der Waals surface area contributed by atoms with E-state index in [4.69, 9.17) is 11.6 Å². The summed E-state index contributed by atoms with van der Waals surface area (Å²) < 4.78 is 27.9. The number of carbonyl (C=O) groups excluding carboxylic acids is 1. The number of aliphatic hydroxyl groups is 1. The van der Waals surface area contributed by atoms with Gasteiger partial charge in [-0.15, -0.1) is 0 Å². The number of sulfonamides is 1. The summed E-state index contributed by atoms with van der Waals surface area (Å²) in [4.78, 5) is 19.1. The summed E-state index contributed by atoms with van der Waals surface area (Å²) in [5, 5.41) is 10.0. The Morgan fingerprint density at radius 3 is 2.26 bits per heavy atom. The van der Waals surface area contributed by atoms with Gasteiger partial charge in [0.2, 0.25) is 10.0 Å². The highest BCUT2D eigenvalue weighted by Gasteiger charge is 2.31. The molecule has 0 spiro atoms. The van der Waals surface area contributed by atoms with Crippen molar-refractivity contribution >= 4 is 33.6 Å². The Morgan fingerprint density at radius 1 is 0.971 bits per heavy atom. The number of benzene rings is 2. The fourth-order valence-corrected chi connectivity index (χ4v) is 5.66. The second kappa shape index (κ2) is 11.1. The van der Waals surface area contributed by atoms with E-state index in [1.165, 1.54) is 4.31 Å². The predicted molar refractivity (Wildman–Crippen MR) is 137 cm³/mol. The molecule has 0 bridgehead atoms. The lowest BCUT2D eigenvalue weighted by Gasteiger charge is -2.34. The summed E-state index contributed by atoms with van der Waals surface area (Å²) in [6, 6.07) is 19.7. The van der Waals surface area contributed by atoms with Gasteiger partial charge in [0.15, 0.2) is 0 Å². The van der Waals surface area contributed by atoms with E-state index in [0.717, 1.165) is 11.3 Å². The standard InChI is InChI=1S/C26H26ClN3O4S/c27-23-10-4-20(5-11-23)19-24(12-18-31)35(33,34)30-16-14-29(15-17-30)26(32)22-8-6-21(7-9-22)25-3-1-2-13-28-25/h1-11,13,19,31H,12,14-18H2. The second-order valence-corrected chi connectivity index (χ2v) is 10.6. The first-order valence-electron chi connectivity index (χ1n) is 11.3. The van der Waals surface area contributed by atoms with Crippen molar-refractivity contribution in [3.63, 3.8) is 0 Å². The molecule has 0 saturated carbocycles. The Morgan fingerprint density at radius 2 is 1.66 bits per heavy atom. The van der Waals surface area contributed by atoms with Gasteiger partial charge in [0.05, 0.1) is 10.6 Å². The van der Waals surface area contributed by atoms with Crippen LogP contribution in [0.15, 0.2) is 77.8 Å². The molecule has 3 aromatic rings. The maximum atomic E-state index is 13.3. The molecule has 7 nitrogen and oxygen atoms in total. The number of hydrogen-bond donors (Lipinski definition) is 1. The minimum Gasteiger partial charge on any atom is -0.396 e. The molecule has 1 fully saturated rings. The number of pyridine rings is 1. The van der Waals surface area contributed by atoms with Crippen LogP contribution in [0.1, 0.15) is 22.3 Å². The molecule has 35 heavy (non-hydrogen) atoms. The Balaban J connectivity index is 1.43. The van der Waals surface area contributed by atoms with Crippen molar-refractivity contribution in [2.75, 3.05) is 32.8 Å². The lowest BCUT2D eigenvalue weighted by molar-refractivity contribution is 0.0698. The number of aliphatic hydroxyl groups excluding tert-OH is 1. The monoisotopic (exact) mass is 511 g/mol. The zero-order valence-electron chi connectivity index (χ0n) is 19.0. The first kappa shape index (κ1) is 25.1. The fraction of sp³-hybridized carbons (Fsp3) is 0.231. The molecule has 0 atom stereocenters. The van der Waals surface area contributed by atoms with Crippen molar-refractivity contribution in [1.29, 1.82) is 0 Å². The number of hydrogen-bond acceptors (Lipinski definition) is 5. The van der Waals surface area contributed by atoms with E-state index in [2.05, 4.69) is 4.98 Å². The highest BCUT2D eigenvalue weighted by atomic mass is 35.5. The molecule has 9 heteroatoms. The number of halogens is 1. The molecular formula is C26H26ClN3O4S. The van der Waals surface area contributed by atoms with Crippen molar-refractivity contribution in [3.8, 4) is 11.3 Å². The minimum absolute atomic E-state index is 0.00667. The van der Waals surface area contributed by atoms with Gasteiger partial charge < -0.3 is 10.0 Å². The molecule has 182 valence electrons. The van der Waals surface area contributed by atoms with Gasteiger partial charge in [0, 0.05) is 61.6 Å². The molecule has 2 aromatic carbocycles. The van der Waals surface area contributed by atoms with E-state index in [-0.39, 0.29) is 50.0 Å². The molecule has 1 aromatic heterocycles. The molecule has 1 aliphatic heterocycles. The van der Waals surface area contributed by atoms with Crippen LogP contribution in [-0.2, 0) is 10.0 Å². The average molecular weight is 512 g/mol. The fourth-order valence-electron chi connectivity index (χ4n) is 3.93. The van der Waals surface area contributed by atoms with Gasteiger partial charge in [-0.3, -0.25) is 9.78 Å². The van der Waals surface area contributed by atoms with Gasteiger partial charge in [0.25, 0.3) is 5.91 Å². The molecule has 0 unspecified atom stereocenters. The third-order valence-electron chi connectivity index (χ3n) is 5.85. The third kappa shape index (κ3) is 5.97. The van der Waals surface area contributed by atoms with Crippen molar-refractivity contribution in [3.05, 3.63) is 94.0 Å². The van der Waals surface area contributed by atoms with E-state index in [9.17, 15) is 18.3 Å². The van der Waals surface area contributed by atoms with E-state index in [0.29, 0.717) is 16.1 Å². The quantitative estimate of drug-likeness (QED) is 0.519. The second-order valence-electron chi connectivity index (χ2n) is 8.12. The summed E-state index contributed by atoms with van der Waals surface area (Å²) in [7, 11) is -3.79. The average Bonchev–Trinajstić information content (AvgIpc) is 2.90. The first-order chi connectivity index (χ1) is 16.9. The number of nitrogens with zero attached hydrogens (tertiary/aromatic N) is 3. The normalized spacial score (nSPS) is 15.3. The number of piperazine rings is 1.